The van der Waals surface area contributed by atoms with Gasteiger partial charge < -0.3 is 9.73 Å². The molecule has 0 unspecified atom stereocenters. The van der Waals surface area contributed by atoms with Crippen LogP contribution in [0, 0.1) is 6.92 Å². The van der Waals surface area contributed by atoms with Gasteiger partial charge in [0.15, 0.2) is 0 Å². The number of hydrogen-bond acceptors (Lipinski definition) is 4. The van der Waals surface area contributed by atoms with Gasteiger partial charge in [-0.05, 0) is 59.7 Å². The number of halogens is 1. The van der Waals surface area contributed by atoms with Gasteiger partial charge >= 0.3 is 0 Å². The summed E-state index contributed by atoms with van der Waals surface area (Å²) in [6.45, 7) is 2.41. The molecule has 0 spiro atoms. The van der Waals surface area contributed by atoms with Crippen LogP contribution in [-0.2, 0) is 16.6 Å². The molecule has 0 aliphatic heterocycles. The molecule has 2 aromatic rings. The first kappa shape index (κ1) is 15.1. The van der Waals surface area contributed by atoms with Crippen LogP contribution in [0.25, 0.3) is 0 Å². The zero-order valence-electron chi connectivity index (χ0n) is 11.1. The van der Waals surface area contributed by atoms with Crippen LogP contribution in [0.3, 0.4) is 0 Å². The molecule has 1 aromatic heterocycles. The second-order valence-electron chi connectivity index (χ2n) is 4.27. The van der Waals surface area contributed by atoms with Gasteiger partial charge in [-0.15, -0.1) is 0 Å². The predicted octanol–water partition coefficient (Wildman–Crippen LogP) is 2.87. The Hall–Kier alpha value is -1.31. The van der Waals surface area contributed by atoms with Crippen molar-refractivity contribution >= 4 is 31.6 Å². The lowest BCUT2D eigenvalue weighted by molar-refractivity contribution is 0.417. The fraction of sp³-hybridized carbons (Fsp3) is 0.231. The Labute approximate surface area is 126 Å². The summed E-state index contributed by atoms with van der Waals surface area (Å²) in [6, 6.07) is 9.03. The number of anilines is 1. The van der Waals surface area contributed by atoms with E-state index < -0.39 is 10.0 Å². The summed E-state index contributed by atoms with van der Waals surface area (Å²) >= 11 is 3.45. The largest absolute Gasteiger partial charge is 0.446 e. The lowest BCUT2D eigenvalue weighted by Gasteiger charge is -2.08. The molecule has 0 amide bonds. The van der Waals surface area contributed by atoms with Crippen molar-refractivity contribution in [2.45, 2.75) is 18.6 Å². The molecular weight excluding hydrogens is 344 g/mol. The highest BCUT2D eigenvalue weighted by atomic mass is 79.9. The minimum Gasteiger partial charge on any atom is -0.446 e. The molecule has 7 heteroatoms. The molecule has 0 saturated heterocycles. The summed E-state index contributed by atoms with van der Waals surface area (Å²) in [5.41, 5.74) is 2.06. The van der Waals surface area contributed by atoms with Gasteiger partial charge in [0, 0.05) is 10.2 Å². The van der Waals surface area contributed by atoms with Gasteiger partial charge in [-0.1, -0.05) is 6.07 Å². The fourth-order valence-corrected chi connectivity index (χ4v) is 2.71. The number of benzene rings is 1. The van der Waals surface area contributed by atoms with Crippen LogP contribution in [0.1, 0.15) is 11.3 Å². The lowest BCUT2D eigenvalue weighted by Crippen LogP contribution is -2.17. The van der Waals surface area contributed by atoms with E-state index in [0.29, 0.717) is 12.3 Å². The first-order chi connectivity index (χ1) is 9.42. The maximum Gasteiger partial charge on any atom is 0.273 e. The van der Waals surface area contributed by atoms with Gasteiger partial charge in [-0.25, -0.2) is 13.1 Å². The summed E-state index contributed by atoms with van der Waals surface area (Å²) in [4.78, 5) is 0. The summed E-state index contributed by atoms with van der Waals surface area (Å²) in [7, 11) is -2.18. The summed E-state index contributed by atoms with van der Waals surface area (Å²) in [6.07, 6.45) is 0. The average molecular weight is 359 g/mol. The van der Waals surface area contributed by atoms with Crippen LogP contribution in [0.2, 0.25) is 0 Å². The van der Waals surface area contributed by atoms with Crippen molar-refractivity contribution in [1.29, 1.82) is 0 Å². The maximum atomic E-state index is 11.6. The van der Waals surface area contributed by atoms with Crippen molar-refractivity contribution in [1.82, 2.24) is 4.72 Å². The highest BCUT2D eigenvalue weighted by Gasteiger charge is 2.16. The molecule has 1 heterocycles. The summed E-state index contributed by atoms with van der Waals surface area (Å²) < 4.78 is 31.6. The number of aryl methyl sites for hydroxylation is 1. The van der Waals surface area contributed by atoms with E-state index in [4.69, 9.17) is 4.42 Å². The van der Waals surface area contributed by atoms with E-state index in [2.05, 4.69) is 26.0 Å². The second kappa shape index (κ2) is 5.99. The van der Waals surface area contributed by atoms with Crippen LogP contribution in [0.15, 0.2) is 44.3 Å². The third-order valence-electron chi connectivity index (χ3n) is 2.75. The Morgan fingerprint density at radius 2 is 2.00 bits per heavy atom. The normalized spacial score (nSPS) is 11.6. The van der Waals surface area contributed by atoms with E-state index in [9.17, 15) is 8.42 Å². The molecule has 0 bridgehead atoms. The Kier molecular flexibility index (Phi) is 4.52. The molecule has 20 heavy (non-hydrogen) atoms. The second-order valence-corrected chi connectivity index (χ2v) is 6.94. The van der Waals surface area contributed by atoms with Crippen molar-refractivity contribution in [3.05, 3.63) is 46.1 Å². The Bertz CT molecular complexity index is 710. The topological polar surface area (TPSA) is 71.3 Å². The van der Waals surface area contributed by atoms with Gasteiger partial charge in [0.25, 0.3) is 10.0 Å². The van der Waals surface area contributed by atoms with Crippen LogP contribution < -0.4 is 10.0 Å². The zero-order chi connectivity index (χ0) is 14.8. The fourth-order valence-electron chi connectivity index (χ4n) is 1.66. The molecule has 1 aromatic carbocycles. The monoisotopic (exact) mass is 358 g/mol. The number of hydrogen-bond donors (Lipinski definition) is 2. The van der Waals surface area contributed by atoms with Crippen molar-refractivity contribution in [3.8, 4) is 0 Å². The van der Waals surface area contributed by atoms with Gasteiger partial charge in [0.1, 0.15) is 5.76 Å². The average Bonchev–Trinajstić information content (AvgIpc) is 2.89. The SMILES string of the molecule is CNS(=O)(=O)c1ccc(CNc2cc(C)ccc2Br)o1. The zero-order valence-corrected chi connectivity index (χ0v) is 13.5. The third-order valence-corrected chi connectivity index (χ3v) is 4.72. The predicted molar refractivity (Wildman–Crippen MR) is 81.2 cm³/mol. The van der Waals surface area contributed by atoms with E-state index in [1.807, 2.05) is 25.1 Å². The number of rotatable bonds is 5. The highest BCUT2D eigenvalue weighted by Crippen LogP contribution is 2.24. The number of furan rings is 1. The quantitative estimate of drug-likeness (QED) is 0.861. The van der Waals surface area contributed by atoms with Crippen molar-refractivity contribution in [3.63, 3.8) is 0 Å². The summed E-state index contributed by atoms with van der Waals surface area (Å²) in [5.74, 6) is 0.548. The Morgan fingerprint density at radius 3 is 2.70 bits per heavy atom. The molecule has 5 nitrogen and oxygen atoms in total. The third kappa shape index (κ3) is 3.41. The molecular formula is C13H15BrN2O3S. The molecule has 2 N–H and O–H groups in total. The molecule has 0 aliphatic carbocycles. The maximum absolute atomic E-state index is 11.6. The van der Waals surface area contributed by atoms with Crippen molar-refractivity contribution in [2.75, 3.05) is 12.4 Å². The van der Waals surface area contributed by atoms with Gasteiger partial charge in [0.05, 0.1) is 6.54 Å². The van der Waals surface area contributed by atoms with E-state index in [1.54, 1.807) is 6.07 Å². The minimum atomic E-state index is -3.53. The highest BCUT2D eigenvalue weighted by molar-refractivity contribution is 9.10. The molecule has 0 radical (unpaired) electrons. The van der Waals surface area contributed by atoms with Gasteiger partial charge in [0.2, 0.25) is 5.09 Å². The van der Waals surface area contributed by atoms with Gasteiger partial charge in [-0.2, -0.15) is 0 Å². The van der Waals surface area contributed by atoms with Crippen LogP contribution in [-0.4, -0.2) is 15.5 Å². The summed E-state index contributed by atoms with van der Waals surface area (Å²) in [5, 5.41) is 3.11. The van der Waals surface area contributed by atoms with Crippen LogP contribution >= 0.6 is 15.9 Å². The number of sulfonamides is 1. The van der Waals surface area contributed by atoms with E-state index in [-0.39, 0.29) is 5.09 Å². The van der Waals surface area contributed by atoms with E-state index in [0.717, 1.165) is 15.7 Å². The number of nitrogens with one attached hydrogen (secondary N) is 2. The van der Waals surface area contributed by atoms with Crippen molar-refractivity contribution in [2.24, 2.45) is 0 Å². The Balaban J connectivity index is 2.10. The van der Waals surface area contributed by atoms with E-state index in [1.165, 1.54) is 13.1 Å². The first-order valence-electron chi connectivity index (χ1n) is 5.94. The minimum absolute atomic E-state index is 0.0832. The molecule has 108 valence electrons. The lowest BCUT2D eigenvalue weighted by atomic mass is 10.2. The van der Waals surface area contributed by atoms with Crippen molar-refractivity contribution < 1.29 is 12.8 Å². The first-order valence-corrected chi connectivity index (χ1v) is 8.22. The molecule has 0 aliphatic rings. The molecule has 0 saturated carbocycles. The van der Waals surface area contributed by atoms with E-state index >= 15 is 0 Å². The molecule has 0 fully saturated rings. The standard InChI is InChI=1S/C13H15BrN2O3S/c1-9-3-5-11(14)12(7-9)16-8-10-4-6-13(19-10)20(17,18)15-2/h3-7,15-16H,8H2,1-2H3. The smallest absolute Gasteiger partial charge is 0.273 e. The molecule has 0 atom stereocenters. The van der Waals surface area contributed by atoms with Crippen LogP contribution in [0.4, 0.5) is 5.69 Å². The molecule has 2 rings (SSSR count). The Morgan fingerprint density at radius 1 is 1.25 bits per heavy atom. The van der Waals surface area contributed by atoms with Crippen LogP contribution in [0.5, 0.6) is 0 Å². The van der Waals surface area contributed by atoms with Gasteiger partial charge in [-0.3, -0.25) is 0 Å².